The first-order valence-corrected chi connectivity index (χ1v) is 13.2. The van der Waals surface area contributed by atoms with Crippen molar-refractivity contribution in [3.63, 3.8) is 0 Å². The first-order valence-electron chi connectivity index (χ1n) is 13.2. The number of hydrogen-bond acceptors (Lipinski definition) is 5. The van der Waals surface area contributed by atoms with Gasteiger partial charge in [0, 0.05) is 5.56 Å². The average Bonchev–Trinajstić information content (AvgIpc) is 3.46. The van der Waals surface area contributed by atoms with Crippen LogP contribution in [-0.4, -0.2) is 36.0 Å². The summed E-state index contributed by atoms with van der Waals surface area (Å²) in [6, 6.07) is 21.9. The van der Waals surface area contributed by atoms with Crippen molar-refractivity contribution in [1.82, 2.24) is 15.7 Å². The van der Waals surface area contributed by atoms with Gasteiger partial charge < -0.3 is 15.1 Å². The van der Waals surface area contributed by atoms with Crippen LogP contribution in [0.15, 0.2) is 77.2 Å². The quantitative estimate of drug-likeness (QED) is 0.116. The predicted octanol–water partition coefficient (Wildman–Crippen LogP) is 5.32. The molecule has 0 aliphatic carbocycles. The second kappa shape index (κ2) is 15.4. The van der Waals surface area contributed by atoms with Gasteiger partial charge in [-0.05, 0) is 30.5 Å². The molecule has 0 aliphatic rings. The fourth-order valence-electron chi connectivity index (χ4n) is 4.33. The molecule has 202 valence electrons. The first kappa shape index (κ1) is 28.7. The lowest BCUT2D eigenvalue weighted by molar-refractivity contribution is -0.200. The Bertz CT molecular complexity index is 1130. The number of unbranched alkanes of at least 4 members (excludes halogenated alkanes) is 2. The van der Waals surface area contributed by atoms with Gasteiger partial charge in [0.1, 0.15) is 12.4 Å². The zero-order valence-electron chi connectivity index (χ0n) is 22.1. The molecular formula is C30H37N3O5. The molecule has 0 aliphatic heterocycles. The summed E-state index contributed by atoms with van der Waals surface area (Å²) < 4.78 is 5.68. The summed E-state index contributed by atoms with van der Waals surface area (Å²) >= 11 is 0. The zero-order chi connectivity index (χ0) is 27.2. The number of rotatable bonds is 16. The Morgan fingerprint density at radius 3 is 2.32 bits per heavy atom. The Morgan fingerprint density at radius 2 is 1.66 bits per heavy atom. The van der Waals surface area contributed by atoms with E-state index in [-0.39, 0.29) is 24.9 Å². The van der Waals surface area contributed by atoms with E-state index in [4.69, 9.17) is 9.25 Å². The van der Waals surface area contributed by atoms with E-state index >= 15 is 0 Å². The molecule has 0 saturated carbocycles. The van der Waals surface area contributed by atoms with E-state index in [1.165, 1.54) is 5.06 Å². The molecule has 1 aromatic heterocycles. The molecule has 3 rings (SSSR count). The minimum atomic E-state index is -0.488. The molecule has 2 aromatic carbocycles. The summed E-state index contributed by atoms with van der Waals surface area (Å²) in [6.45, 7) is 4.19. The van der Waals surface area contributed by atoms with Crippen LogP contribution in [0.1, 0.15) is 62.1 Å². The van der Waals surface area contributed by atoms with Gasteiger partial charge in [-0.15, -0.1) is 0 Å². The first-order chi connectivity index (χ1) is 18.6. The van der Waals surface area contributed by atoms with E-state index < -0.39 is 17.9 Å². The Morgan fingerprint density at radius 1 is 0.947 bits per heavy atom. The molecule has 3 amide bonds. The topological polar surface area (TPSA) is 101 Å². The van der Waals surface area contributed by atoms with E-state index in [0.717, 1.165) is 30.4 Å². The third kappa shape index (κ3) is 8.31. The lowest BCUT2D eigenvalue weighted by atomic mass is 9.90. The third-order valence-electron chi connectivity index (χ3n) is 6.39. The van der Waals surface area contributed by atoms with Crippen molar-refractivity contribution in [2.24, 2.45) is 5.92 Å². The van der Waals surface area contributed by atoms with E-state index in [1.807, 2.05) is 67.6 Å². The molecule has 1 heterocycles. The molecule has 8 nitrogen and oxygen atoms in total. The molecular weight excluding hydrogens is 482 g/mol. The van der Waals surface area contributed by atoms with Gasteiger partial charge in [0.2, 0.25) is 12.3 Å². The average molecular weight is 520 g/mol. The van der Waals surface area contributed by atoms with Crippen molar-refractivity contribution >= 4 is 18.2 Å². The maximum absolute atomic E-state index is 13.3. The van der Waals surface area contributed by atoms with Crippen LogP contribution >= 0.6 is 0 Å². The number of furan rings is 1. The van der Waals surface area contributed by atoms with Gasteiger partial charge in [-0.1, -0.05) is 93.8 Å². The maximum atomic E-state index is 13.3. The molecule has 0 fully saturated rings. The smallest absolute Gasteiger partial charge is 0.288 e. The predicted molar refractivity (Wildman–Crippen MR) is 145 cm³/mol. The number of nitrogens with zero attached hydrogens (tertiary/aromatic N) is 1. The summed E-state index contributed by atoms with van der Waals surface area (Å²) in [5.41, 5.74) is 1.80. The largest absolute Gasteiger partial charge is 0.451 e. The highest BCUT2D eigenvalue weighted by atomic mass is 16.7. The van der Waals surface area contributed by atoms with Crippen LogP contribution in [0.4, 0.5) is 0 Å². The molecule has 0 saturated heterocycles. The van der Waals surface area contributed by atoms with E-state index in [9.17, 15) is 14.4 Å². The van der Waals surface area contributed by atoms with E-state index in [1.54, 1.807) is 12.1 Å². The molecule has 0 radical (unpaired) electrons. The Hall–Kier alpha value is -3.91. The third-order valence-corrected chi connectivity index (χ3v) is 6.39. The van der Waals surface area contributed by atoms with Gasteiger partial charge in [-0.2, -0.15) is 0 Å². The number of hydroxylamine groups is 2. The van der Waals surface area contributed by atoms with Gasteiger partial charge in [0.25, 0.3) is 5.91 Å². The summed E-state index contributed by atoms with van der Waals surface area (Å²) in [5, 5.41) is 6.75. The van der Waals surface area contributed by atoms with Crippen molar-refractivity contribution < 1.29 is 23.6 Å². The van der Waals surface area contributed by atoms with Gasteiger partial charge in [-0.25, -0.2) is 5.06 Å². The van der Waals surface area contributed by atoms with E-state index in [0.29, 0.717) is 25.0 Å². The van der Waals surface area contributed by atoms with Crippen molar-refractivity contribution in [2.75, 3.05) is 6.67 Å². The fourth-order valence-corrected chi connectivity index (χ4v) is 4.33. The number of nitrogens with one attached hydrogen (secondary N) is 2. The van der Waals surface area contributed by atoms with Crippen molar-refractivity contribution in [3.8, 4) is 11.3 Å². The summed E-state index contributed by atoms with van der Waals surface area (Å²) in [4.78, 5) is 43.6. The minimum absolute atomic E-state index is 0.0638. The summed E-state index contributed by atoms with van der Waals surface area (Å²) in [5.74, 6) is -0.412. The lowest BCUT2D eigenvalue weighted by Crippen LogP contribution is -2.48. The maximum Gasteiger partial charge on any atom is 0.288 e. The monoisotopic (exact) mass is 519 g/mol. The number of benzene rings is 2. The van der Waals surface area contributed by atoms with Crippen LogP contribution in [0, 0.1) is 5.92 Å². The molecule has 38 heavy (non-hydrogen) atoms. The highest BCUT2D eigenvalue weighted by Crippen LogP contribution is 2.23. The van der Waals surface area contributed by atoms with Gasteiger partial charge >= 0.3 is 0 Å². The van der Waals surface area contributed by atoms with E-state index in [2.05, 4.69) is 17.6 Å². The minimum Gasteiger partial charge on any atom is -0.451 e. The summed E-state index contributed by atoms with van der Waals surface area (Å²) in [7, 11) is 0. The van der Waals surface area contributed by atoms with Crippen LogP contribution in [0.2, 0.25) is 0 Å². The molecule has 0 spiro atoms. The number of hydrogen-bond donors (Lipinski definition) is 2. The molecule has 2 N–H and O–H groups in total. The lowest BCUT2D eigenvalue weighted by Gasteiger charge is -2.32. The molecule has 3 aromatic rings. The van der Waals surface area contributed by atoms with Crippen LogP contribution in [0.3, 0.4) is 0 Å². The van der Waals surface area contributed by atoms with Crippen molar-refractivity contribution in [1.29, 1.82) is 0 Å². The second-order valence-electron chi connectivity index (χ2n) is 9.06. The highest BCUT2D eigenvalue weighted by Gasteiger charge is 2.32. The molecule has 8 heteroatoms. The number of carbonyl (C=O) groups excluding carboxylic acids is 3. The van der Waals surface area contributed by atoms with Crippen LogP contribution in [-0.2, 0) is 21.0 Å². The molecule has 2 atom stereocenters. The Kier molecular flexibility index (Phi) is 11.6. The molecule has 0 unspecified atom stereocenters. The number of amides is 3. The normalized spacial score (nSPS) is 12.4. The standard InChI is InChI=1S/C30H37N3O5/c1-3-5-8-17-25(26(4-2)33(22-34)37-20-23-13-9-6-10-14-23)29(35)31-21-32-30(36)28-19-18-27(38-28)24-15-11-7-12-16-24/h6-7,9-16,18-19,22,25-26H,3-5,8,17,20-21H2,1-2H3,(H,31,35)(H,32,36)/t25-,26-/m1/s1. The van der Waals surface area contributed by atoms with Crippen LogP contribution in [0.25, 0.3) is 11.3 Å². The van der Waals surface area contributed by atoms with Crippen molar-refractivity contribution in [2.45, 2.75) is 58.6 Å². The molecule has 0 bridgehead atoms. The Labute approximate surface area is 224 Å². The zero-order valence-corrected chi connectivity index (χ0v) is 22.1. The number of carbonyl (C=O) groups is 3. The second-order valence-corrected chi connectivity index (χ2v) is 9.06. The SMILES string of the molecule is CCCCC[C@@H](C(=O)NCNC(=O)c1ccc(-c2ccccc2)o1)[C@@H](CC)N(C=O)OCc1ccccc1. The van der Waals surface area contributed by atoms with Crippen molar-refractivity contribution in [3.05, 3.63) is 84.1 Å². The summed E-state index contributed by atoms with van der Waals surface area (Å²) in [6.07, 6.45) is 4.61. The van der Waals surface area contributed by atoms with Gasteiger partial charge in [0.05, 0.1) is 18.6 Å². The fraction of sp³-hybridized carbons (Fsp3) is 0.367. The van der Waals surface area contributed by atoms with Crippen LogP contribution in [0.5, 0.6) is 0 Å². The van der Waals surface area contributed by atoms with Crippen LogP contribution < -0.4 is 10.6 Å². The van der Waals surface area contributed by atoms with Gasteiger partial charge in [0.15, 0.2) is 5.76 Å². The van der Waals surface area contributed by atoms with Gasteiger partial charge in [-0.3, -0.25) is 19.2 Å². The Balaban J connectivity index is 1.59. The highest BCUT2D eigenvalue weighted by molar-refractivity contribution is 5.92.